The number of azo groups is 1. The maximum Gasteiger partial charge on any atom is 0.251 e. The zero-order valence-electron chi connectivity index (χ0n) is 10.00. The van der Waals surface area contributed by atoms with E-state index < -0.39 is 0 Å². The molecule has 1 N–H and O–H groups in total. The third-order valence-electron chi connectivity index (χ3n) is 2.39. The molecule has 18 heavy (non-hydrogen) atoms. The lowest BCUT2D eigenvalue weighted by molar-refractivity contribution is 0.0963. The zero-order chi connectivity index (χ0) is 12.8. The lowest BCUT2D eigenvalue weighted by Gasteiger charge is -1.99. The van der Waals surface area contributed by atoms with Crippen LogP contribution in [0.25, 0.3) is 0 Å². The quantitative estimate of drug-likeness (QED) is 0.819. The van der Waals surface area contributed by atoms with Gasteiger partial charge in [-0.1, -0.05) is 18.2 Å². The third-order valence-corrected chi connectivity index (χ3v) is 2.39. The van der Waals surface area contributed by atoms with E-state index in [-0.39, 0.29) is 5.91 Å². The molecule has 0 aromatic heterocycles. The number of amides is 1. The summed E-state index contributed by atoms with van der Waals surface area (Å²) in [5.74, 6) is -0.110. The first-order valence-electron chi connectivity index (χ1n) is 5.58. The normalized spacial score (nSPS) is 10.5. The lowest BCUT2D eigenvalue weighted by Crippen LogP contribution is -2.17. The summed E-state index contributed by atoms with van der Waals surface area (Å²) in [4.78, 5) is 11.3. The summed E-state index contributed by atoms with van der Waals surface area (Å²) in [5.41, 5.74) is 2.12. The Labute approximate surface area is 105 Å². The molecule has 0 saturated heterocycles. The molecule has 0 aliphatic rings. The van der Waals surface area contributed by atoms with Gasteiger partial charge < -0.3 is 5.32 Å². The van der Waals surface area contributed by atoms with Crippen LogP contribution in [0.15, 0.2) is 64.8 Å². The van der Waals surface area contributed by atoms with E-state index in [2.05, 4.69) is 15.5 Å². The van der Waals surface area contributed by atoms with Crippen molar-refractivity contribution in [2.75, 3.05) is 7.05 Å². The Bertz CT molecular complexity index is 547. The Hall–Kier alpha value is -2.49. The van der Waals surface area contributed by atoms with Crippen LogP contribution in [0, 0.1) is 0 Å². The fourth-order valence-electron chi connectivity index (χ4n) is 1.43. The first kappa shape index (κ1) is 12.0. The second kappa shape index (κ2) is 5.72. The maximum absolute atomic E-state index is 11.3. The Kier molecular flexibility index (Phi) is 3.81. The van der Waals surface area contributed by atoms with E-state index in [1.54, 1.807) is 31.3 Å². The lowest BCUT2D eigenvalue weighted by atomic mass is 10.2. The monoisotopic (exact) mass is 239 g/mol. The van der Waals surface area contributed by atoms with Gasteiger partial charge in [-0.2, -0.15) is 10.2 Å². The van der Waals surface area contributed by atoms with E-state index in [1.165, 1.54) is 0 Å². The summed E-state index contributed by atoms with van der Waals surface area (Å²) in [7, 11) is 1.60. The number of benzene rings is 2. The van der Waals surface area contributed by atoms with Crippen molar-refractivity contribution in [1.82, 2.24) is 5.32 Å². The van der Waals surface area contributed by atoms with Crippen LogP contribution < -0.4 is 5.32 Å². The zero-order valence-corrected chi connectivity index (χ0v) is 10.00. The second-order valence-corrected chi connectivity index (χ2v) is 3.66. The Morgan fingerprint density at radius 1 is 0.889 bits per heavy atom. The van der Waals surface area contributed by atoms with Crippen molar-refractivity contribution in [3.05, 3.63) is 60.2 Å². The molecule has 0 aliphatic carbocycles. The van der Waals surface area contributed by atoms with Crippen LogP contribution in [0.2, 0.25) is 0 Å². The molecule has 2 rings (SSSR count). The molecule has 2 aromatic carbocycles. The van der Waals surface area contributed by atoms with Crippen molar-refractivity contribution in [1.29, 1.82) is 0 Å². The minimum Gasteiger partial charge on any atom is -0.355 e. The van der Waals surface area contributed by atoms with Gasteiger partial charge in [0.2, 0.25) is 0 Å². The molecule has 0 unspecified atom stereocenters. The molecule has 4 nitrogen and oxygen atoms in total. The molecular weight excluding hydrogens is 226 g/mol. The molecule has 0 radical (unpaired) electrons. The highest BCUT2D eigenvalue weighted by Crippen LogP contribution is 2.18. The summed E-state index contributed by atoms with van der Waals surface area (Å²) >= 11 is 0. The molecule has 0 saturated carbocycles. The average Bonchev–Trinajstić information content (AvgIpc) is 2.46. The number of nitrogens with one attached hydrogen (secondary N) is 1. The van der Waals surface area contributed by atoms with E-state index in [0.717, 1.165) is 5.69 Å². The second-order valence-electron chi connectivity index (χ2n) is 3.66. The molecule has 1 amide bonds. The predicted molar refractivity (Wildman–Crippen MR) is 70.5 cm³/mol. The SMILES string of the molecule is CNC(=O)c1ccc(N=Nc2ccccc2)cc1. The maximum atomic E-state index is 11.3. The summed E-state index contributed by atoms with van der Waals surface area (Å²) in [5, 5.41) is 10.8. The van der Waals surface area contributed by atoms with Crippen LogP contribution in [-0.2, 0) is 0 Å². The van der Waals surface area contributed by atoms with Gasteiger partial charge in [0.1, 0.15) is 0 Å². The van der Waals surface area contributed by atoms with Crippen LogP contribution in [-0.4, -0.2) is 13.0 Å². The van der Waals surface area contributed by atoms with Gasteiger partial charge >= 0.3 is 0 Å². The van der Waals surface area contributed by atoms with Gasteiger partial charge in [0.25, 0.3) is 5.91 Å². The van der Waals surface area contributed by atoms with Gasteiger partial charge in [-0.15, -0.1) is 0 Å². The van der Waals surface area contributed by atoms with Gasteiger partial charge in [-0.25, -0.2) is 0 Å². The van der Waals surface area contributed by atoms with Crippen LogP contribution in [0.4, 0.5) is 11.4 Å². The van der Waals surface area contributed by atoms with Crippen LogP contribution in [0.1, 0.15) is 10.4 Å². The Balaban J connectivity index is 2.11. The van der Waals surface area contributed by atoms with Gasteiger partial charge in [-0.3, -0.25) is 4.79 Å². The third kappa shape index (κ3) is 3.01. The average molecular weight is 239 g/mol. The molecule has 0 aliphatic heterocycles. The van der Waals surface area contributed by atoms with Crippen molar-refractivity contribution in [3.63, 3.8) is 0 Å². The molecule has 4 heteroatoms. The molecular formula is C14H13N3O. The number of rotatable bonds is 3. The van der Waals surface area contributed by atoms with Crippen LogP contribution >= 0.6 is 0 Å². The van der Waals surface area contributed by atoms with Crippen molar-refractivity contribution in [2.24, 2.45) is 10.2 Å². The molecule has 0 heterocycles. The minimum absolute atomic E-state index is 0.110. The van der Waals surface area contributed by atoms with E-state index >= 15 is 0 Å². The number of hydrogen-bond donors (Lipinski definition) is 1. The van der Waals surface area contributed by atoms with Gasteiger partial charge in [0.05, 0.1) is 11.4 Å². The summed E-state index contributed by atoms with van der Waals surface area (Å²) < 4.78 is 0. The van der Waals surface area contributed by atoms with Crippen molar-refractivity contribution < 1.29 is 4.79 Å². The highest BCUT2D eigenvalue weighted by atomic mass is 16.1. The summed E-state index contributed by atoms with van der Waals surface area (Å²) in [6, 6.07) is 16.5. The Morgan fingerprint density at radius 2 is 1.44 bits per heavy atom. The molecule has 2 aromatic rings. The standard InChI is InChI=1S/C14H13N3O/c1-15-14(18)11-7-9-13(10-8-11)17-16-12-5-3-2-4-6-12/h2-10H,1H3,(H,15,18). The number of carbonyl (C=O) groups is 1. The van der Waals surface area contributed by atoms with Gasteiger partial charge in [0.15, 0.2) is 0 Å². The topological polar surface area (TPSA) is 53.8 Å². The number of nitrogens with zero attached hydrogens (tertiary/aromatic N) is 2. The number of hydrogen-bond acceptors (Lipinski definition) is 3. The van der Waals surface area contributed by atoms with E-state index in [9.17, 15) is 4.79 Å². The van der Waals surface area contributed by atoms with Crippen molar-refractivity contribution in [2.45, 2.75) is 0 Å². The van der Waals surface area contributed by atoms with Crippen molar-refractivity contribution in [3.8, 4) is 0 Å². The van der Waals surface area contributed by atoms with Crippen molar-refractivity contribution >= 4 is 17.3 Å². The fraction of sp³-hybridized carbons (Fsp3) is 0.0714. The number of carbonyl (C=O) groups excluding carboxylic acids is 1. The molecule has 0 bridgehead atoms. The van der Waals surface area contributed by atoms with E-state index in [0.29, 0.717) is 11.3 Å². The molecule has 90 valence electrons. The molecule has 0 fully saturated rings. The fourth-order valence-corrected chi connectivity index (χ4v) is 1.43. The van der Waals surface area contributed by atoms with E-state index in [4.69, 9.17) is 0 Å². The largest absolute Gasteiger partial charge is 0.355 e. The minimum atomic E-state index is -0.110. The Morgan fingerprint density at radius 3 is 2.00 bits per heavy atom. The molecule has 0 atom stereocenters. The highest BCUT2D eigenvalue weighted by molar-refractivity contribution is 5.94. The summed E-state index contributed by atoms with van der Waals surface area (Å²) in [6.45, 7) is 0. The summed E-state index contributed by atoms with van der Waals surface area (Å²) in [6.07, 6.45) is 0. The molecule has 0 spiro atoms. The van der Waals surface area contributed by atoms with Gasteiger partial charge in [0, 0.05) is 12.6 Å². The van der Waals surface area contributed by atoms with Gasteiger partial charge in [-0.05, 0) is 36.4 Å². The predicted octanol–water partition coefficient (Wildman–Crippen LogP) is 3.46. The first-order chi connectivity index (χ1) is 8.79. The van der Waals surface area contributed by atoms with Crippen LogP contribution in [0.5, 0.6) is 0 Å². The van der Waals surface area contributed by atoms with E-state index in [1.807, 2.05) is 30.3 Å². The first-order valence-corrected chi connectivity index (χ1v) is 5.58. The van der Waals surface area contributed by atoms with Crippen LogP contribution in [0.3, 0.4) is 0 Å². The highest BCUT2D eigenvalue weighted by Gasteiger charge is 2.01. The smallest absolute Gasteiger partial charge is 0.251 e.